The Bertz CT molecular complexity index is 999. The van der Waals surface area contributed by atoms with E-state index in [0.717, 1.165) is 29.3 Å². The van der Waals surface area contributed by atoms with E-state index in [1.165, 1.54) is 12.6 Å². The number of sulfonamides is 1. The summed E-state index contributed by atoms with van der Waals surface area (Å²) in [5, 5.41) is 4.18. The molecule has 1 saturated heterocycles. The summed E-state index contributed by atoms with van der Waals surface area (Å²) in [7, 11) is -3.18. The van der Waals surface area contributed by atoms with Gasteiger partial charge in [0.15, 0.2) is 11.4 Å². The molecule has 0 spiro atoms. The van der Waals surface area contributed by atoms with E-state index in [1.807, 2.05) is 24.3 Å². The molecule has 2 aromatic heterocycles. The molecule has 1 aliphatic rings. The van der Waals surface area contributed by atoms with Crippen molar-refractivity contribution in [3.05, 3.63) is 30.6 Å². The van der Waals surface area contributed by atoms with Gasteiger partial charge in [0.05, 0.1) is 6.26 Å². The Labute approximate surface area is 139 Å². The molecule has 0 aliphatic carbocycles. The number of rotatable bonds is 4. The van der Waals surface area contributed by atoms with E-state index in [1.54, 1.807) is 4.31 Å². The van der Waals surface area contributed by atoms with Crippen LogP contribution in [0.15, 0.2) is 35.0 Å². The van der Waals surface area contributed by atoms with Crippen molar-refractivity contribution in [3.8, 4) is 0 Å². The number of benzene rings is 1. The maximum atomic E-state index is 11.8. The molecule has 1 fully saturated rings. The average Bonchev–Trinajstić information content (AvgIpc) is 3.17. The van der Waals surface area contributed by atoms with Gasteiger partial charge < -0.3 is 9.73 Å². The first-order valence-corrected chi connectivity index (χ1v) is 9.72. The summed E-state index contributed by atoms with van der Waals surface area (Å²) in [5.74, 6) is 0.594. The molecule has 1 N–H and O–H groups in total. The largest absolute Gasteiger partial charge is 0.450 e. The summed E-state index contributed by atoms with van der Waals surface area (Å²) in [5.41, 5.74) is 2.12. The van der Waals surface area contributed by atoms with Crippen LogP contribution in [0.4, 0.5) is 5.82 Å². The van der Waals surface area contributed by atoms with E-state index in [0.29, 0.717) is 24.5 Å². The highest BCUT2D eigenvalue weighted by Gasteiger charge is 2.31. The maximum Gasteiger partial charge on any atom is 0.211 e. The number of nitrogens with one attached hydrogen (secondary N) is 1. The van der Waals surface area contributed by atoms with Gasteiger partial charge in [-0.3, -0.25) is 0 Å². The first-order chi connectivity index (χ1) is 11.5. The molecule has 1 aromatic carbocycles. The fourth-order valence-electron chi connectivity index (χ4n) is 3.31. The van der Waals surface area contributed by atoms with Gasteiger partial charge in [-0.05, 0) is 25.0 Å². The van der Waals surface area contributed by atoms with Gasteiger partial charge >= 0.3 is 0 Å². The molecule has 1 atom stereocenters. The lowest BCUT2D eigenvalue weighted by molar-refractivity contribution is 0.402. The zero-order chi connectivity index (χ0) is 16.7. The minimum Gasteiger partial charge on any atom is -0.450 e. The fourth-order valence-corrected chi connectivity index (χ4v) is 4.50. The summed E-state index contributed by atoms with van der Waals surface area (Å²) in [4.78, 5) is 8.58. The Morgan fingerprint density at radius 3 is 3.00 bits per heavy atom. The number of aromatic nitrogens is 2. The van der Waals surface area contributed by atoms with Gasteiger partial charge in [0, 0.05) is 24.5 Å². The van der Waals surface area contributed by atoms with Crippen molar-refractivity contribution in [3.63, 3.8) is 0 Å². The van der Waals surface area contributed by atoms with Crippen molar-refractivity contribution >= 4 is 37.9 Å². The van der Waals surface area contributed by atoms with E-state index in [4.69, 9.17) is 4.42 Å². The van der Waals surface area contributed by atoms with Crippen LogP contribution in [0.5, 0.6) is 0 Å². The zero-order valence-corrected chi connectivity index (χ0v) is 14.1. The average molecular weight is 346 g/mol. The lowest BCUT2D eigenvalue weighted by Gasteiger charge is -2.22. The highest BCUT2D eigenvalue weighted by atomic mass is 32.2. The van der Waals surface area contributed by atoms with Gasteiger partial charge in [-0.15, -0.1) is 0 Å². The molecule has 4 rings (SSSR count). The van der Waals surface area contributed by atoms with E-state index >= 15 is 0 Å². The Morgan fingerprint density at radius 2 is 2.17 bits per heavy atom. The summed E-state index contributed by atoms with van der Waals surface area (Å²) in [6.07, 6.45) is 4.47. The Kier molecular flexibility index (Phi) is 3.65. The molecule has 8 heteroatoms. The standard InChI is InChI=1S/C16H18N4O3S/c1-24(21,22)20-8-4-5-11(20)9-17-16-15-14(18-10-19-16)12-6-2-3-7-13(12)23-15/h2-3,6-7,10-11H,4-5,8-9H2,1H3,(H,17,18,19)/t11-/m1/s1. The molecule has 3 aromatic rings. The molecule has 7 nitrogen and oxygen atoms in total. The maximum absolute atomic E-state index is 11.8. The lowest BCUT2D eigenvalue weighted by atomic mass is 10.2. The minimum absolute atomic E-state index is 0.0607. The van der Waals surface area contributed by atoms with Gasteiger partial charge in [-0.1, -0.05) is 12.1 Å². The third kappa shape index (κ3) is 2.61. The normalized spacial score (nSPS) is 19.3. The van der Waals surface area contributed by atoms with Crippen LogP contribution in [-0.2, 0) is 10.0 Å². The van der Waals surface area contributed by atoms with Crippen LogP contribution in [0, 0.1) is 0 Å². The zero-order valence-electron chi connectivity index (χ0n) is 13.3. The van der Waals surface area contributed by atoms with Crippen LogP contribution in [0.25, 0.3) is 22.1 Å². The summed E-state index contributed by atoms with van der Waals surface area (Å²) >= 11 is 0. The number of fused-ring (bicyclic) bond motifs is 3. The van der Waals surface area contributed by atoms with Crippen LogP contribution < -0.4 is 5.32 Å². The summed E-state index contributed by atoms with van der Waals surface area (Å²) in [6, 6.07) is 7.64. The monoisotopic (exact) mass is 346 g/mol. The molecule has 126 valence electrons. The van der Waals surface area contributed by atoms with E-state index in [2.05, 4.69) is 15.3 Å². The number of hydrogen-bond acceptors (Lipinski definition) is 6. The summed E-state index contributed by atoms with van der Waals surface area (Å²) < 4.78 is 31.1. The topological polar surface area (TPSA) is 88.3 Å². The molecule has 0 amide bonds. The van der Waals surface area contributed by atoms with Gasteiger partial charge in [0.25, 0.3) is 0 Å². The minimum atomic E-state index is -3.18. The van der Waals surface area contributed by atoms with Crippen molar-refractivity contribution in [1.29, 1.82) is 0 Å². The third-order valence-corrected chi connectivity index (χ3v) is 5.74. The fraction of sp³-hybridized carbons (Fsp3) is 0.375. The van der Waals surface area contributed by atoms with E-state index < -0.39 is 10.0 Å². The van der Waals surface area contributed by atoms with Crippen molar-refractivity contribution in [2.75, 3.05) is 24.7 Å². The smallest absolute Gasteiger partial charge is 0.211 e. The third-order valence-electron chi connectivity index (χ3n) is 4.41. The number of para-hydroxylation sites is 1. The molecular weight excluding hydrogens is 328 g/mol. The van der Waals surface area contributed by atoms with Crippen molar-refractivity contribution in [2.24, 2.45) is 0 Å². The molecule has 0 saturated carbocycles. The SMILES string of the molecule is CS(=O)(=O)N1CCC[C@@H]1CNc1ncnc2c1oc1ccccc12. The van der Waals surface area contributed by atoms with Crippen LogP contribution in [-0.4, -0.2) is 48.1 Å². The first kappa shape index (κ1) is 15.3. The quantitative estimate of drug-likeness (QED) is 0.779. The highest BCUT2D eigenvalue weighted by Crippen LogP contribution is 2.30. The predicted octanol–water partition coefficient (Wildman–Crippen LogP) is 2.21. The van der Waals surface area contributed by atoms with Gasteiger partial charge in [0.2, 0.25) is 10.0 Å². The molecule has 24 heavy (non-hydrogen) atoms. The summed E-state index contributed by atoms with van der Waals surface area (Å²) in [6.45, 7) is 1.07. The number of anilines is 1. The van der Waals surface area contributed by atoms with Gasteiger partial charge in [0.1, 0.15) is 17.4 Å². The number of nitrogens with zero attached hydrogens (tertiary/aromatic N) is 3. The predicted molar refractivity (Wildman–Crippen MR) is 92.4 cm³/mol. The lowest BCUT2D eigenvalue weighted by Crippen LogP contribution is -2.38. The van der Waals surface area contributed by atoms with Crippen molar-refractivity contribution in [1.82, 2.24) is 14.3 Å². The number of hydrogen-bond donors (Lipinski definition) is 1. The van der Waals surface area contributed by atoms with E-state index in [-0.39, 0.29) is 6.04 Å². The van der Waals surface area contributed by atoms with Gasteiger partial charge in [-0.2, -0.15) is 4.31 Å². The Balaban J connectivity index is 1.63. The molecule has 3 heterocycles. The van der Waals surface area contributed by atoms with Crippen LogP contribution >= 0.6 is 0 Å². The molecule has 0 bridgehead atoms. The van der Waals surface area contributed by atoms with Crippen molar-refractivity contribution in [2.45, 2.75) is 18.9 Å². The Morgan fingerprint density at radius 1 is 1.33 bits per heavy atom. The second-order valence-electron chi connectivity index (χ2n) is 6.05. The molecule has 1 aliphatic heterocycles. The molecule has 0 unspecified atom stereocenters. The highest BCUT2D eigenvalue weighted by molar-refractivity contribution is 7.88. The number of furan rings is 1. The van der Waals surface area contributed by atoms with Crippen LogP contribution in [0.1, 0.15) is 12.8 Å². The second kappa shape index (κ2) is 5.71. The van der Waals surface area contributed by atoms with Crippen LogP contribution in [0.3, 0.4) is 0 Å². The van der Waals surface area contributed by atoms with E-state index in [9.17, 15) is 8.42 Å². The molecular formula is C16H18N4O3S. The second-order valence-corrected chi connectivity index (χ2v) is 7.98. The first-order valence-electron chi connectivity index (χ1n) is 7.87. The van der Waals surface area contributed by atoms with Crippen molar-refractivity contribution < 1.29 is 12.8 Å². The van der Waals surface area contributed by atoms with Crippen LogP contribution in [0.2, 0.25) is 0 Å². The van der Waals surface area contributed by atoms with Gasteiger partial charge in [-0.25, -0.2) is 18.4 Å². The molecule has 0 radical (unpaired) electrons. The Hall–Kier alpha value is -2.19.